The van der Waals surface area contributed by atoms with Crippen molar-refractivity contribution in [2.24, 2.45) is 3.77 Å². The smallest absolute Gasteiger partial charge is 0.266 e. The maximum Gasteiger partial charge on any atom is 0.290 e. The highest BCUT2D eigenvalue weighted by molar-refractivity contribution is 8.03. The maximum absolute atomic E-state index is 13.5. The van der Waals surface area contributed by atoms with Gasteiger partial charge in [-0.3, -0.25) is 4.18 Å². The Hall–Kier alpha value is -1.75. The van der Waals surface area contributed by atoms with Crippen LogP contribution in [0.2, 0.25) is 0 Å². The Morgan fingerprint density at radius 3 is 1.96 bits per heavy atom. The maximum atomic E-state index is 13.5. The molecule has 0 aliphatic rings. The van der Waals surface area contributed by atoms with Gasteiger partial charge in [0.25, 0.3) is 20.1 Å². The fourth-order valence-corrected chi connectivity index (χ4v) is 7.27. The number of rotatable bonds is 7. The second-order valence-corrected chi connectivity index (χ2v) is 11.8. The van der Waals surface area contributed by atoms with E-state index in [9.17, 15) is 21.0 Å². The van der Waals surface area contributed by atoms with E-state index in [1.807, 2.05) is 6.92 Å². The van der Waals surface area contributed by atoms with Crippen molar-refractivity contribution < 1.29 is 25.2 Å². The summed E-state index contributed by atoms with van der Waals surface area (Å²) in [5.41, 5.74) is 0.868. The van der Waals surface area contributed by atoms with Crippen molar-refractivity contribution in [2.75, 3.05) is 12.0 Å². The highest BCUT2D eigenvalue weighted by atomic mass is 32.3. The molecule has 148 valence electrons. The Kier molecular flexibility index (Phi) is 6.46. The summed E-state index contributed by atoms with van der Waals surface area (Å²) < 4.78 is 70.1. The van der Waals surface area contributed by atoms with E-state index < -0.39 is 41.7 Å². The summed E-state index contributed by atoms with van der Waals surface area (Å²) in [5.74, 6) is -0.394. The zero-order chi connectivity index (χ0) is 20.3. The first-order valence-corrected chi connectivity index (χ1v) is 12.9. The molecule has 0 amide bonds. The summed E-state index contributed by atoms with van der Waals surface area (Å²) in [6.45, 7) is 3.21. The third-order valence-corrected chi connectivity index (χ3v) is 8.67. The normalized spacial score (nSPS) is 15.7. The van der Waals surface area contributed by atoms with Crippen LogP contribution in [0.3, 0.4) is 0 Å². The van der Waals surface area contributed by atoms with Crippen molar-refractivity contribution in [3.8, 4) is 0 Å². The van der Waals surface area contributed by atoms with Gasteiger partial charge in [-0.05, 0) is 38.1 Å². The van der Waals surface area contributed by atoms with E-state index >= 15 is 0 Å². The summed E-state index contributed by atoms with van der Waals surface area (Å²) in [7, 11) is -11.5. The van der Waals surface area contributed by atoms with Crippen LogP contribution in [-0.4, -0.2) is 39.2 Å². The lowest BCUT2D eigenvalue weighted by atomic mass is 10.2. The molecule has 0 aliphatic heterocycles. The Morgan fingerprint density at radius 2 is 1.44 bits per heavy atom. The quantitative estimate of drug-likeness (QED) is 0.624. The number of hydrogen-bond acceptors (Lipinski definition) is 6. The summed E-state index contributed by atoms with van der Waals surface area (Å²) in [6.07, 6.45) is -0.154. The summed E-state index contributed by atoms with van der Waals surface area (Å²) in [5, 5.41) is 0. The molecule has 0 fully saturated rings. The molecular weight excluding hydrogens is 410 g/mol. The first kappa shape index (κ1) is 21.5. The standard InChI is InChI=1S/C17H21NO6S3/c1-14-9-11-17(12-10-14)27(22,23)18-26(21,16-7-5-4-6-8-16)13-15(2)24-25(3,19)20/h4-12,15H,13H2,1-3H3. The average molecular weight is 432 g/mol. The molecule has 0 saturated heterocycles. The highest BCUT2D eigenvalue weighted by Crippen LogP contribution is 2.22. The molecule has 0 bridgehead atoms. The Labute approximate surface area is 160 Å². The second-order valence-electron chi connectivity index (χ2n) is 6.09. The Bertz CT molecular complexity index is 1110. The molecule has 2 rings (SSSR count). The Morgan fingerprint density at radius 1 is 0.889 bits per heavy atom. The lowest BCUT2D eigenvalue weighted by Crippen LogP contribution is -2.24. The monoisotopic (exact) mass is 431 g/mol. The zero-order valence-corrected chi connectivity index (χ0v) is 17.6. The highest BCUT2D eigenvalue weighted by Gasteiger charge is 2.25. The largest absolute Gasteiger partial charge is 0.290 e. The molecule has 7 nitrogen and oxygen atoms in total. The zero-order valence-electron chi connectivity index (χ0n) is 15.1. The SMILES string of the molecule is Cc1ccc(S(=O)(=O)N=S(=O)(CC(C)OS(C)(=O)=O)c2ccccc2)cc1. The van der Waals surface area contributed by atoms with Crippen LogP contribution in [0.5, 0.6) is 0 Å². The summed E-state index contributed by atoms with van der Waals surface area (Å²) in [6, 6.07) is 13.9. The lowest BCUT2D eigenvalue weighted by molar-refractivity contribution is 0.254. The van der Waals surface area contributed by atoms with Crippen LogP contribution in [0.4, 0.5) is 0 Å². The van der Waals surface area contributed by atoms with Gasteiger partial charge in [0.1, 0.15) is 0 Å². The van der Waals surface area contributed by atoms with Crippen LogP contribution < -0.4 is 0 Å². The van der Waals surface area contributed by atoms with Crippen LogP contribution in [0.1, 0.15) is 12.5 Å². The molecule has 0 aromatic heterocycles. The number of nitrogens with zero attached hydrogens (tertiary/aromatic N) is 1. The molecule has 10 heteroatoms. The third-order valence-electron chi connectivity index (χ3n) is 3.45. The van der Waals surface area contributed by atoms with Gasteiger partial charge in [-0.25, -0.2) is 4.21 Å². The minimum atomic E-state index is -4.23. The molecule has 2 atom stereocenters. The van der Waals surface area contributed by atoms with E-state index in [0.29, 0.717) is 0 Å². The first-order chi connectivity index (χ1) is 12.4. The van der Waals surface area contributed by atoms with Gasteiger partial charge in [-0.1, -0.05) is 35.9 Å². The number of benzene rings is 2. The fourth-order valence-electron chi connectivity index (χ4n) is 2.36. The van der Waals surface area contributed by atoms with Gasteiger partial charge in [0.05, 0.1) is 32.7 Å². The van der Waals surface area contributed by atoms with Crippen molar-refractivity contribution >= 4 is 29.9 Å². The molecule has 0 aliphatic carbocycles. The van der Waals surface area contributed by atoms with Gasteiger partial charge in [0.15, 0.2) is 0 Å². The second kappa shape index (κ2) is 8.09. The van der Waals surface area contributed by atoms with E-state index in [4.69, 9.17) is 4.18 Å². The molecule has 0 spiro atoms. The molecule has 0 N–H and O–H groups in total. The predicted octanol–water partition coefficient (Wildman–Crippen LogP) is 2.58. The molecule has 0 saturated carbocycles. The van der Waals surface area contributed by atoms with Gasteiger partial charge in [-0.15, -0.1) is 3.77 Å². The molecule has 0 radical (unpaired) electrons. The molecule has 2 aromatic carbocycles. The average Bonchev–Trinajstić information content (AvgIpc) is 2.53. The van der Waals surface area contributed by atoms with Gasteiger partial charge >= 0.3 is 0 Å². The predicted molar refractivity (Wildman–Crippen MR) is 104 cm³/mol. The fraction of sp³-hybridized carbons (Fsp3) is 0.294. The van der Waals surface area contributed by atoms with Gasteiger partial charge in [0.2, 0.25) is 0 Å². The van der Waals surface area contributed by atoms with E-state index in [2.05, 4.69) is 3.77 Å². The van der Waals surface area contributed by atoms with Crippen LogP contribution >= 0.6 is 0 Å². The van der Waals surface area contributed by atoms with Crippen molar-refractivity contribution in [3.63, 3.8) is 0 Å². The van der Waals surface area contributed by atoms with Crippen molar-refractivity contribution in [2.45, 2.75) is 29.7 Å². The van der Waals surface area contributed by atoms with Crippen molar-refractivity contribution in [1.82, 2.24) is 0 Å². The van der Waals surface area contributed by atoms with Crippen LogP contribution in [-0.2, 0) is 34.1 Å². The molecule has 0 heterocycles. The van der Waals surface area contributed by atoms with E-state index in [1.165, 1.54) is 31.2 Å². The Balaban J connectivity index is 2.57. The van der Waals surface area contributed by atoms with E-state index in [-0.39, 0.29) is 9.79 Å². The molecule has 2 aromatic rings. The minimum Gasteiger partial charge on any atom is -0.266 e. The molecule has 27 heavy (non-hydrogen) atoms. The van der Waals surface area contributed by atoms with Crippen LogP contribution in [0, 0.1) is 6.92 Å². The van der Waals surface area contributed by atoms with Crippen LogP contribution in [0.25, 0.3) is 0 Å². The first-order valence-electron chi connectivity index (χ1n) is 7.92. The number of sulfonamides is 1. The van der Waals surface area contributed by atoms with Crippen LogP contribution in [0.15, 0.2) is 68.2 Å². The minimum absolute atomic E-state index is 0.0894. The topological polar surface area (TPSA) is 107 Å². The van der Waals surface area contributed by atoms with E-state index in [0.717, 1.165) is 11.8 Å². The van der Waals surface area contributed by atoms with Crippen molar-refractivity contribution in [3.05, 3.63) is 60.2 Å². The van der Waals surface area contributed by atoms with Gasteiger partial charge in [0, 0.05) is 4.90 Å². The summed E-state index contributed by atoms with van der Waals surface area (Å²) >= 11 is 0. The van der Waals surface area contributed by atoms with Crippen molar-refractivity contribution in [1.29, 1.82) is 0 Å². The molecule has 2 unspecified atom stereocenters. The molecular formula is C17H21NO6S3. The summed E-state index contributed by atoms with van der Waals surface area (Å²) in [4.78, 5) is 0.0954. The number of aryl methyl sites for hydroxylation is 1. The third kappa shape index (κ3) is 6.13. The van der Waals surface area contributed by atoms with E-state index in [1.54, 1.807) is 30.3 Å². The lowest BCUT2D eigenvalue weighted by Gasteiger charge is -2.15. The van der Waals surface area contributed by atoms with Gasteiger partial charge < -0.3 is 0 Å². The van der Waals surface area contributed by atoms with Gasteiger partial charge in [-0.2, -0.15) is 16.8 Å². The number of hydrogen-bond donors (Lipinski definition) is 0.